The predicted molar refractivity (Wildman–Crippen MR) is 82.5 cm³/mol. The van der Waals surface area contributed by atoms with Gasteiger partial charge in [0.1, 0.15) is 6.26 Å². The van der Waals surface area contributed by atoms with Crippen molar-refractivity contribution < 1.29 is 22.4 Å². The Morgan fingerprint density at radius 3 is 2.52 bits per heavy atom. The average molecular weight is 340 g/mol. The Balaban J connectivity index is 1.48. The third-order valence-corrected chi connectivity index (χ3v) is 6.27. The minimum atomic E-state index is -3.05. The quantitative estimate of drug-likeness (QED) is 0.861. The van der Waals surface area contributed by atoms with E-state index in [1.165, 1.54) is 12.5 Å². The van der Waals surface area contributed by atoms with E-state index in [0.717, 1.165) is 0 Å². The first kappa shape index (κ1) is 16.0. The largest absolute Gasteiger partial charge is 0.472 e. The maximum absolute atomic E-state index is 12.2. The van der Waals surface area contributed by atoms with Gasteiger partial charge in [0.25, 0.3) is 5.91 Å². The Hall–Kier alpha value is -1.83. The third kappa shape index (κ3) is 3.74. The first-order valence-corrected chi connectivity index (χ1v) is 9.59. The van der Waals surface area contributed by atoms with Crippen LogP contribution in [0.5, 0.6) is 0 Å². The molecule has 0 aromatic carbocycles. The molecular weight excluding hydrogens is 320 g/mol. The van der Waals surface area contributed by atoms with E-state index < -0.39 is 15.8 Å². The molecule has 1 aromatic rings. The lowest BCUT2D eigenvalue weighted by molar-refractivity contribution is -0.125. The molecule has 1 atom stereocenters. The topological polar surface area (TPSA) is 96.7 Å². The van der Waals surface area contributed by atoms with Crippen LogP contribution in [0.1, 0.15) is 29.6 Å². The van der Waals surface area contributed by atoms with Crippen molar-refractivity contribution in [1.82, 2.24) is 10.2 Å². The zero-order chi connectivity index (χ0) is 16.4. The number of sulfone groups is 1. The number of amides is 2. The lowest BCUT2D eigenvalue weighted by Gasteiger charge is -2.32. The van der Waals surface area contributed by atoms with Crippen LogP contribution in [0.2, 0.25) is 0 Å². The van der Waals surface area contributed by atoms with Crippen molar-refractivity contribution in [2.45, 2.75) is 25.3 Å². The van der Waals surface area contributed by atoms with E-state index in [9.17, 15) is 18.0 Å². The van der Waals surface area contributed by atoms with E-state index in [-0.39, 0.29) is 29.4 Å². The molecule has 0 aliphatic carbocycles. The average Bonchev–Trinajstić information content (AvgIpc) is 3.16. The van der Waals surface area contributed by atoms with Crippen LogP contribution in [0.4, 0.5) is 0 Å². The van der Waals surface area contributed by atoms with Gasteiger partial charge in [0.05, 0.1) is 29.3 Å². The second kappa shape index (κ2) is 6.35. The molecule has 23 heavy (non-hydrogen) atoms. The van der Waals surface area contributed by atoms with Gasteiger partial charge in [-0.3, -0.25) is 9.59 Å². The molecule has 2 amide bonds. The van der Waals surface area contributed by atoms with Crippen LogP contribution >= 0.6 is 0 Å². The zero-order valence-corrected chi connectivity index (χ0v) is 13.5. The Labute approximate surface area is 134 Å². The van der Waals surface area contributed by atoms with Crippen molar-refractivity contribution in [3.63, 3.8) is 0 Å². The van der Waals surface area contributed by atoms with Gasteiger partial charge in [-0.25, -0.2) is 8.42 Å². The van der Waals surface area contributed by atoms with Gasteiger partial charge in [0, 0.05) is 19.1 Å². The van der Waals surface area contributed by atoms with Crippen molar-refractivity contribution >= 4 is 21.7 Å². The number of nitrogens with zero attached hydrogens (tertiary/aromatic N) is 1. The van der Waals surface area contributed by atoms with Crippen LogP contribution in [0.25, 0.3) is 0 Å². The first-order chi connectivity index (χ1) is 10.9. The molecule has 7 nitrogen and oxygen atoms in total. The van der Waals surface area contributed by atoms with Gasteiger partial charge in [0.15, 0.2) is 9.84 Å². The third-order valence-electron chi connectivity index (χ3n) is 4.50. The van der Waals surface area contributed by atoms with Crippen LogP contribution in [0.15, 0.2) is 23.0 Å². The summed E-state index contributed by atoms with van der Waals surface area (Å²) in [6.07, 6.45) is 4.65. The van der Waals surface area contributed by atoms with Crippen LogP contribution in [-0.2, 0) is 14.6 Å². The molecular formula is C15H20N2O5S. The summed E-state index contributed by atoms with van der Waals surface area (Å²) in [6, 6.07) is 1.63. The van der Waals surface area contributed by atoms with Crippen molar-refractivity contribution in [2.75, 3.05) is 24.6 Å². The van der Waals surface area contributed by atoms with E-state index >= 15 is 0 Å². The molecule has 2 saturated heterocycles. The van der Waals surface area contributed by atoms with Crippen molar-refractivity contribution in [2.24, 2.45) is 5.92 Å². The first-order valence-electron chi connectivity index (χ1n) is 7.77. The Morgan fingerprint density at radius 1 is 1.22 bits per heavy atom. The van der Waals surface area contributed by atoms with E-state index in [4.69, 9.17) is 4.42 Å². The lowest BCUT2D eigenvalue weighted by atomic mass is 10.0. The van der Waals surface area contributed by atoms with Crippen LogP contribution in [0.3, 0.4) is 0 Å². The summed E-state index contributed by atoms with van der Waals surface area (Å²) in [5.41, 5.74) is 0.531. The second-order valence-corrected chi connectivity index (χ2v) is 8.42. The summed E-state index contributed by atoms with van der Waals surface area (Å²) in [6.45, 7) is 1.13. The highest BCUT2D eigenvalue weighted by Crippen LogP contribution is 2.20. The summed E-state index contributed by atoms with van der Waals surface area (Å²) in [5.74, 6) is -0.610. The molecule has 2 aliphatic heterocycles. The summed E-state index contributed by atoms with van der Waals surface area (Å²) in [7, 11) is -3.05. The number of hydrogen-bond donors (Lipinski definition) is 1. The fraction of sp³-hybridized carbons (Fsp3) is 0.600. The van der Waals surface area contributed by atoms with Crippen LogP contribution < -0.4 is 5.32 Å². The van der Waals surface area contributed by atoms with E-state index in [1.54, 1.807) is 11.0 Å². The normalized spacial score (nSPS) is 24.5. The number of likely N-dealkylation sites (tertiary alicyclic amines) is 1. The number of carbonyl (C=O) groups excluding carboxylic acids is 2. The van der Waals surface area contributed by atoms with E-state index in [0.29, 0.717) is 37.9 Å². The SMILES string of the molecule is O=C(NC1CCN(C(=O)c2ccoc2)CC1)C1CCS(=O)(=O)C1. The van der Waals surface area contributed by atoms with Gasteiger partial charge >= 0.3 is 0 Å². The summed E-state index contributed by atoms with van der Waals surface area (Å²) in [5, 5.41) is 2.93. The fourth-order valence-corrected chi connectivity index (χ4v) is 4.86. The smallest absolute Gasteiger partial charge is 0.257 e. The lowest BCUT2D eigenvalue weighted by Crippen LogP contribution is -2.48. The van der Waals surface area contributed by atoms with E-state index in [1.807, 2.05) is 0 Å². The molecule has 126 valence electrons. The molecule has 8 heteroatoms. The van der Waals surface area contributed by atoms with Gasteiger partial charge in [0.2, 0.25) is 5.91 Å². The molecule has 2 fully saturated rings. The highest BCUT2D eigenvalue weighted by atomic mass is 32.2. The molecule has 1 aromatic heterocycles. The number of nitrogens with one attached hydrogen (secondary N) is 1. The maximum Gasteiger partial charge on any atom is 0.257 e. The van der Waals surface area contributed by atoms with Crippen LogP contribution in [-0.4, -0.2) is 55.8 Å². The molecule has 0 bridgehead atoms. The zero-order valence-electron chi connectivity index (χ0n) is 12.7. The Morgan fingerprint density at radius 2 is 1.96 bits per heavy atom. The number of furan rings is 1. The molecule has 3 rings (SSSR count). The molecule has 1 N–H and O–H groups in total. The Kier molecular flexibility index (Phi) is 4.43. The minimum absolute atomic E-state index is 0.000737. The molecule has 1 unspecified atom stereocenters. The monoisotopic (exact) mass is 340 g/mol. The second-order valence-electron chi connectivity index (χ2n) is 6.19. The molecule has 0 saturated carbocycles. The van der Waals surface area contributed by atoms with E-state index in [2.05, 4.69) is 5.32 Å². The summed E-state index contributed by atoms with van der Waals surface area (Å²) >= 11 is 0. The molecule has 0 spiro atoms. The highest BCUT2D eigenvalue weighted by molar-refractivity contribution is 7.91. The highest BCUT2D eigenvalue weighted by Gasteiger charge is 2.34. The number of hydrogen-bond acceptors (Lipinski definition) is 5. The van der Waals surface area contributed by atoms with Crippen molar-refractivity contribution in [3.05, 3.63) is 24.2 Å². The standard InChI is InChI=1S/C15H20N2O5S/c18-14(12-4-8-23(20,21)10-12)16-13-1-5-17(6-2-13)15(19)11-3-7-22-9-11/h3,7,9,12-13H,1-2,4-6,8,10H2,(H,16,18). The van der Waals surface area contributed by atoms with Crippen LogP contribution in [0, 0.1) is 5.92 Å². The predicted octanol–water partition coefficient (Wildman–Crippen LogP) is 0.435. The Bertz CT molecular complexity index is 675. The van der Waals surface area contributed by atoms with Gasteiger partial charge < -0.3 is 14.6 Å². The minimum Gasteiger partial charge on any atom is -0.472 e. The number of rotatable bonds is 3. The number of carbonyl (C=O) groups is 2. The molecule has 0 radical (unpaired) electrons. The number of piperidine rings is 1. The fourth-order valence-electron chi connectivity index (χ4n) is 3.12. The summed E-state index contributed by atoms with van der Waals surface area (Å²) < 4.78 is 27.8. The van der Waals surface area contributed by atoms with Gasteiger partial charge in [-0.2, -0.15) is 0 Å². The van der Waals surface area contributed by atoms with Gasteiger partial charge in [-0.15, -0.1) is 0 Å². The van der Waals surface area contributed by atoms with Crippen molar-refractivity contribution in [3.8, 4) is 0 Å². The maximum atomic E-state index is 12.2. The molecule has 3 heterocycles. The van der Waals surface area contributed by atoms with Gasteiger partial charge in [-0.1, -0.05) is 0 Å². The van der Waals surface area contributed by atoms with Crippen molar-refractivity contribution in [1.29, 1.82) is 0 Å². The van der Waals surface area contributed by atoms with Gasteiger partial charge in [-0.05, 0) is 25.3 Å². The molecule has 2 aliphatic rings. The summed E-state index contributed by atoms with van der Waals surface area (Å²) in [4.78, 5) is 26.1.